The molecule has 3 atom stereocenters. The lowest BCUT2D eigenvalue weighted by molar-refractivity contribution is -0.261. The van der Waals surface area contributed by atoms with E-state index in [1.165, 1.54) is 31.5 Å². The average Bonchev–Trinajstić information content (AvgIpc) is 3.09. The lowest BCUT2D eigenvalue weighted by Gasteiger charge is -2.27. The molecule has 0 saturated carbocycles. The van der Waals surface area contributed by atoms with Crippen LogP contribution in [0.15, 0.2) is 30.5 Å². The summed E-state index contributed by atoms with van der Waals surface area (Å²) in [4.78, 5) is 28.0. The fraction of sp³-hybridized carbons (Fsp3) is 0.350. The molecule has 0 aliphatic carbocycles. The molecule has 3 N–H and O–H groups in total. The molecule has 3 rings (SSSR count). The van der Waals surface area contributed by atoms with Gasteiger partial charge in [-0.05, 0) is 31.5 Å². The van der Waals surface area contributed by atoms with Gasteiger partial charge in [0.25, 0.3) is 11.8 Å². The van der Waals surface area contributed by atoms with E-state index in [4.69, 9.17) is 26.8 Å². The highest BCUT2D eigenvalue weighted by atomic mass is 35.5. The van der Waals surface area contributed by atoms with Crippen LogP contribution in [0.4, 0.5) is 23.2 Å². The molecule has 1 aromatic heterocycles. The second-order valence-corrected chi connectivity index (χ2v) is 7.72. The first kappa shape index (κ1) is 23.7. The Hall–Kier alpha value is -2.92. The number of carbonyl (C=O) groups excluding carboxylic acids is 2. The average molecular weight is 476 g/mol. The Kier molecular flexibility index (Phi) is 6.34. The molecule has 2 aromatic rings. The zero-order valence-corrected chi connectivity index (χ0v) is 17.6. The molecule has 32 heavy (non-hydrogen) atoms. The molecular weight excluding hydrogens is 458 g/mol. The van der Waals surface area contributed by atoms with E-state index in [0.29, 0.717) is 0 Å². The lowest BCUT2D eigenvalue weighted by atomic mass is 9.86. The minimum atomic E-state index is -4.80. The van der Waals surface area contributed by atoms with Crippen LogP contribution in [0.5, 0.6) is 5.75 Å². The van der Waals surface area contributed by atoms with Crippen molar-refractivity contribution < 1.29 is 36.6 Å². The maximum absolute atomic E-state index is 13.9. The first-order valence-electron chi connectivity index (χ1n) is 9.21. The molecule has 1 aliphatic heterocycles. The molecule has 0 spiro atoms. The van der Waals surface area contributed by atoms with Crippen molar-refractivity contribution in [1.29, 1.82) is 0 Å². The van der Waals surface area contributed by atoms with Crippen molar-refractivity contribution in [2.24, 2.45) is 5.73 Å². The Bertz CT molecular complexity index is 1070. The number of methoxy groups -OCH3 is 1. The van der Waals surface area contributed by atoms with Gasteiger partial charge in [0.2, 0.25) is 0 Å². The second-order valence-electron chi connectivity index (χ2n) is 7.34. The Morgan fingerprint density at radius 3 is 2.62 bits per heavy atom. The van der Waals surface area contributed by atoms with Crippen molar-refractivity contribution in [3.8, 4) is 5.75 Å². The summed E-state index contributed by atoms with van der Waals surface area (Å²) >= 11 is 5.93. The quantitative estimate of drug-likeness (QED) is 0.640. The van der Waals surface area contributed by atoms with Gasteiger partial charge in [-0.3, -0.25) is 14.6 Å². The molecule has 1 aromatic carbocycles. The first-order valence-corrected chi connectivity index (χ1v) is 9.59. The van der Waals surface area contributed by atoms with Gasteiger partial charge < -0.3 is 20.5 Å². The highest BCUT2D eigenvalue weighted by Crippen LogP contribution is 2.52. The van der Waals surface area contributed by atoms with Crippen LogP contribution in [0.25, 0.3) is 0 Å². The van der Waals surface area contributed by atoms with Crippen molar-refractivity contribution in [3.05, 3.63) is 52.6 Å². The van der Waals surface area contributed by atoms with Gasteiger partial charge in [0.15, 0.2) is 5.60 Å². The summed E-state index contributed by atoms with van der Waals surface area (Å²) < 4.78 is 65.4. The van der Waals surface area contributed by atoms with E-state index in [1.54, 1.807) is 0 Å². The largest absolute Gasteiger partial charge is 0.495 e. The van der Waals surface area contributed by atoms with Crippen LogP contribution in [0.1, 0.15) is 35.3 Å². The molecule has 2 heterocycles. The number of halogens is 5. The molecule has 1 fully saturated rings. The van der Waals surface area contributed by atoms with Crippen LogP contribution >= 0.6 is 11.6 Å². The highest BCUT2D eigenvalue weighted by molar-refractivity contribution is 6.32. The van der Waals surface area contributed by atoms with E-state index >= 15 is 0 Å². The number of amides is 2. The molecular formula is C20H18ClF4N3O4. The predicted octanol–water partition coefficient (Wildman–Crippen LogP) is 3.81. The number of nitrogens with one attached hydrogen (secondary N) is 1. The summed E-state index contributed by atoms with van der Waals surface area (Å²) in [6.07, 6.45) is -5.88. The van der Waals surface area contributed by atoms with Crippen molar-refractivity contribution >= 4 is 29.1 Å². The smallest absolute Gasteiger partial charge is 0.417 e. The fourth-order valence-electron chi connectivity index (χ4n) is 3.53. The summed E-state index contributed by atoms with van der Waals surface area (Å²) in [5, 5.41) is 1.98. The third-order valence-corrected chi connectivity index (χ3v) is 5.54. The van der Waals surface area contributed by atoms with Gasteiger partial charge in [-0.15, -0.1) is 0 Å². The number of nitrogens with two attached hydrogens (primary N) is 1. The van der Waals surface area contributed by atoms with Gasteiger partial charge in [-0.1, -0.05) is 17.7 Å². The lowest BCUT2D eigenvalue weighted by Crippen LogP contribution is -2.43. The number of alkyl halides is 3. The number of nitrogens with zero attached hydrogens (tertiary/aromatic N) is 1. The number of carbonyl (C=O) groups is 2. The number of primary amides is 1. The van der Waals surface area contributed by atoms with Gasteiger partial charge in [-0.25, -0.2) is 4.39 Å². The maximum atomic E-state index is 13.9. The zero-order valence-electron chi connectivity index (χ0n) is 16.8. The number of pyridine rings is 1. The molecule has 0 bridgehead atoms. The molecule has 2 amide bonds. The van der Waals surface area contributed by atoms with Gasteiger partial charge in [0, 0.05) is 23.4 Å². The summed E-state index contributed by atoms with van der Waals surface area (Å²) in [6.45, 7) is 0.822. The van der Waals surface area contributed by atoms with Crippen LogP contribution in [0, 0.1) is 5.82 Å². The Balaban J connectivity index is 2.01. The number of rotatable bonds is 5. The fourth-order valence-corrected chi connectivity index (χ4v) is 3.78. The molecule has 1 saturated heterocycles. The Morgan fingerprint density at radius 1 is 1.34 bits per heavy atom. The SMILES string of the molecule is COc1c(C2CC(C)(C(F)(F)F)O[C@@H]2C(=O)Nc2ccnc(C(N)=O)c2)ccc(F)c1Cl. The molecule has 172 valence electrons. The molecule has 12 heteroatoms. The molecule has 7 nitrogen and oxygen atoms in total. The van der Waals surface area contributed by atoms with E-state index in [1.807, 2.05) is 0 Å². The van der Waals surface area contributed by atoms with Gasteiger partial charge >= 0.3 is 6.18 Å². The standard InChI is InChI=1S/C20H18ClF4N3O4/c1-19(20(23,24)25)8-11(10-3-4-12(22)14(21)15(10)31-2)16(32-19)18(30)28-9-5-6-27-13(7-9)17(26)29/h3-7,11,16H,8H2,1-2H3,(H2,26,29)(H,27,28,30)/t11?,16-,19?/m0/s1. The third kappa shape index (κ3) is 4.35. The van der Waals surface area contributed by atoms with E-state index in [-0.39, 0.29) is 22.7 Å². The van der Waals surface area contributed by atoms with Gasteiger partial charge in [0.1, 0.15) is 28.4 Å². The van der Waals surface area contributed by atoms with Gasteiger partial charge in [0.05, 0.1) is 7.11 Å². The van der Waals surface area contributed by atoms with Crippen LogP contribution in [0.3, 0.4) is 0 Å². The normalized spacial score (nSPS) is 23.1. The van der Waals surface area contributed by atoms with E-state index in [0.717, 1.165) is 13.0 Å². The number of hydrogen-bond acceptors (Lipinski definition) is 5. The van der Waals surface area contributed by atoms with E-state index in [2.05, 4.69) is 10.3 Å². The molecule has 2 unspecified atom stereocenters. The zero-order chi connectivity index (χ0) is 23.8. The summed E-state index contributed by atoms with van der Waals surface area (Å²) in [7, 11) is 1.18. The van der Waals surface area contributed by atoms with Crippen LogP contribution < -0.4 is 15.8 Å². The topological polar surface area (TPSA) is 104 Å². The Labute approximate surface area is 184 Å². The second kappa shape index (κ2) is 8.55. The highest BCUT2D eigenvalue weighted by Gasteiger charge is 2.61. The number of benzene rings is 1. The summed E-state index contributed by atoms with van der Waals surface area (Å²) in [5.74, 6) is -3.98. The van der Waals surface area contributed by atoms with Crippen LogP contribution in [-0.2, 0) is 9.53 Å². The molecule has 0 radical (unpaired) electrons. The molecule has 1 aliphatic rings. The van der Waals surface area contributed by atoms with Crippen LogP contribution in [-0.4, -0.2) is 41.8 Å². The third-order valence-electron chi connectivity index (χ3n) is 5.18. The minimum absolute atomic E-state index is 0.0749. The predicted molar refractivity (Wildman–Crippen MR) is 106 cm³/mol. The van der Waals surface area contributed by atoms with Crippen molar-refractivity contribution in [1.82, 2.24) is 4.98 Å². The maximum Gasteiger partial charge on any atom is 0.417 e. The summed E-state index contributed by atoms with van der Waals surface area (Å²) in [5.41, 5.74) is 2.49. The Morgan fingerprint density at radius 2 is 2.03 bits per heavy atom. The van der Waals surface area contributed by atoms with Crippen molar-refractivity contribution in [3.63, 3.8) is 0 Å². The monoisotopic (exact) mass is 475 g/mol. The van der Waals surface area contributed by atoms with Crippen molar-refractivity contribution in [2.75, 3.05) is 12.4 Å². The number of hydrogen-bond donors (Lipinski definition) is 2. The summed E-state index contributed by atoms with van der Waals surface area (Å²) in [6, 6.07) is 4.67. The number of ether oxygens (including phenoxy) is 2. The van der Waals surface area contributed by atoms with Gasteiger partial charge in [-0.2, -0.15) is 13.2 Å². The minimum Gasteiger partial charge on any atom is -0.495 e. The number of aromatic nitrogens is 1. The van der Waals surface area contributed by atoms with Crippen molar-refractivity contribution in [2.45, 2.75) is 37.1 Å². The first-order chi connectivity index (χ1) is 14.9. The van der Waals surface area contributed by atoms with Crippen LogP contribution in [0.2, 0.25) is 5.02 Å². The number of anilines is 1. The van der Waals surface area contributed by atoms with E-state index in [9.17, 15) is 27.2 Å². The van der Waals surface area contributed by atoms with E-state index < -0.39 is 52.9 Å².